The van der Waals surface area contributed by atoms with Crippen LogP contribution in [0, 0.1) is 0 Å². The second-order valence-corrected chi connectivity index (χ2v) is 7.74. The topological polar surface area (TPSA) is 133 Å². The lowest BCUT2D eigenvalue weighted by molar-refractivity contribution is 0.322. The molecule has 0 saturated heterocycles. The number of guanidine groups is 1. The number of halogens is 1. The molecule has 4 rings (SSSR count). The number of aromatic nitrogens is 2. The summed E-state index contributed by atoms with van der Waals surface area (Å²) >= 11 is 1.55. The van der Waals surface area contributed by atoms with Crippen molar-refractivity contribution in [2.45, 2.75) is 16.8 Å². The summed E-state index contributed by atoms with van der Waals surface area (Å²) in [6.07, 6.45) is 0.638. The van der Waals surface area contributed by atoms with Crippen LogP contribution in [0.5, 0.6) is 17.2 Å². The molecule has 1 aliphatic rings. The fraction of sp³-hybridized carbons (Fsp3) is 0.250. The van der Waals surface area contributed by atoms with E-state index in [1.54, 1.807) is 33.1 Å². The molecule has 0 bridgehead atoms. The van der Waals surface area contributed by atoms with Gasteiger partial charge in [0.2, 0.25) is 11.7 Å². The standard InChI is InChI=1S/C20H22N6O3S.ClH/c1-27-14-8-10-11(17(28-2)18(14)29-3)9-15(16(10)25-26-19(21)22)30-20-23-12-6-4-5-7-13(12)24-20;/h4-8,15H,9H2,1-3H3,(H,23,24)(H4,21,22,26);1H/b25-16+;. The minimum Gasteiger partial charge on any atom is -0.493 e. The number of H-pyrrole nitrogens is 1. The number of thioether (sulfide) groups is 1. The van der Waals surface area contributed by atoms with E-state index in [0.717, 1.165) is 27.3 Å². The van der Waals surface area contributed by atoms with Gasteiger partial charge < -0.3 is 30.7 Å². The summed E-state index contributed by atoms with van der Waals surface area (Å²) in [6, 6.07) is 9.75. The lowest BCUT2D eigenvalue weighted by Crippen LogP contribution is -2.22. The van der Waals surface area contributed by atoms with Gasteiger partial charge >= 0.3 is 0 Å². The predicted molar refractivity (Wildman–Crippen MR) is 125 cm³/mol. The van der Waals surface area contributed by atoms with Crippen molar-refractivity contribution in [3.8, 4) is 17.2 Å². The molecule has 31 heavy (non-hydrogen) atoms. The molecule has 0 spiro atoms. The molecular formula is C20H23ClN6O3S. The van der Waals surface area contributed by atoms with E-state index in [-0.39, 0.29) is 23.6 Å². The highest BCUT2D eigenvalue weighted by molar-refractivity contribution is 8.00. The number of imidazole rings is 1. The Bertz CT molecular complexity index is 1130. The number of aromatic amines is 1. The number of methoxy groups -OCH3 is 3. The van der Waals surface area contributed by atoms with Crippen molar-refractivity contribution in [1.82, 2.24) is 9.97 Å². The summed E-state index contributed by atoms with van der Waals surface area (Å²) in [4.78, 5) is 8.00. The summed E-state index contributed by atoms with van der Waals surface area (Å²) in [5.41, 5.74) is 15.4. The quantitative estimate of drug-likeness (QED) is 0.291. The zero-order valence-corrected chi connectivity index (χ0v) is 18.8. The molecule has 0 fully saturated rings. The highest BCUT2D eigenvalue weighted by Gasteiger charge is 2.36. The van der Waals surface area contributed by atoms with Crippen LogP contribution in [0.4, 0.5) is 0 Å². The first-order valence-electron chi connectivity index (χ1n) is 9.15. The number of hydrogen-bond donors (Lipinski definition) is 3. The van der Waals surface area contributed by atoms with Gasteiger partial charge in [-0.05, 0) is 24.6 Å². The van der Waals surface area contributed by atoms with Crippen molar-refractivity contribution in [3.63, 3.8) is 0 Å². The molecule has 1 aromatic heterocycles. The van der Waals surface area contributed by atoms with Gasteiger partial charge in [-0.1, -0.05) is 23.9 Å². The molecule has 11 heteroatoms. The van der Waals surface area contributed by atoms with Crippen LogP contribution in [0.15, 0.2) is 45.7 Å². The van der Waals surface area contributed by atoms with Crippen molar-refractivity contribution in [1.29, 1.82) is 0 Å². The summed E-state index contributed by atoms with van der Waals surface area (Å²) in [6.45, 7) is 0. The van der Waals surface area contributed by atoms with Crippen LogP contribution in [0.2, 0.25) is 0 Å². The van der Waals surface area contributed by atoms with Gasteiger partial charge in [0, 0.05) is 11.1 Å². The first-order chi connectivity index (χ1) is 14.5. The zero-order valence-electron chi connectivity index (χ0n) is 17.2. The molecule has 1 atom stereocenters. The Kier molecular flexibility index (Phi) is 6.81. The monoisotopic (exact) mass is 462 g/mol. The number of benzene rings is 2. The number of nitrogens with zero attached hydrogens (tertiary/aromatic N) is 3. The summed E-state index contributed by atoms with van der Waals surface area (Å²) in [5, 5.41) is 8.93. The van der Waals surface area contributed by atoms with Gasteiger partial charge in [0.1, 0.15) is 0 Å². The number of para-hydroxylation sites is 2. The molecule has 5 N–H and O–H groups in total. The summed E-state index contributed by atoms with van der Waals surface area (Å²) in [7, 11) is 4.76. The molecular weight excluding hydrogens is 440 g/mol. The predicted octanol–water partition coefficient (Wildman–Crippen LogP) is 2.70. The molecule has 3 aromatic rings. The van der Waals surface area contributed by atoms with E-state index in [2.05, 4.69) is 20.2 Å². The Hall–Kier alpha value is -3.11. The van der Waals surface area contributed by atoms with Crippen LogP contribution >= 0.6 is 24.2 Å². The highest BCUT2D eigenvalue weighted by atomic mass is 35.5. The number of fused-ring (bicyclic) bond motifs is 2. The van der Waals surface area contributed by atoms with E-state index in [0.29, 0.717) is 29.4 Å². The fourth-order valence-corrected chi connectivity index (χ4v) is 4.67. The normalized spacial score (nSPS) is 16.0. The van der Waals surface area contributed by atoms with E-state index < -0.39 is 0 Å². The van der Waals surface area contributed by atoms with Crippen LogP contribution < -0.4 is 25.7 Å². The van der Waals surface area contributed by atoms with E-state index >= 15 is 0 Å². The van der Waals surface area contributed by atoms with Crippen molar-refractivity contribution in [2.75, 3.05) is 21.3 Å². The smallest absolute Gasteiger partial charge is 0.211 e. The number of nitrogens with one attached hydrogen (secondary N) is 1. The van der Waals surface area contributed by atoms with Gasteiger partial charge in [0.25, 0.3) is 0 Å². The van der Waals surface area contributed by atoms with Crippen LogP contribution in [-0.2, 0) is 6.42 Å². The molecule has 2 aromatic carbocycles. The summed E-state index contributed by atoms with van der Waals surface area (Å²) < 4.78 is 16.7. The Morgan fingerprint density at radius 3 is 2.52 bits per heavy atom. The Morgan fingerprint density at radius 1 is 1.13 bits per heavy atom. The van der Waals surface area contributed by atoms with Gasteiger partial charge in [-0.15, -0.1) is 17.5 Å². The van der Waals surface area contributed by atoms with E-state index in [1.807, 2.05) is 30.3 Å². The Balaban J connectivity index is 0.00000272. The average Bonchev–Trinajstić information content (AvgIpc) is 3.30. The highest BCUT2D eigenvalue weighted by Crippen LogP contribution is 2.47. The van der Waals surface area contributed by atoms with Gasteiger partial charge in [-0.3, -0.25) is 0 Å². The molecule has 1 aliphatic carbocycles. The van der Waals surface area contributed by atoms with Crippen LogP contribution in [-0.4, -0.2) is 48.2 Å². The van der Waals surface area contributed by atoms with Crippen LogP contribution in [0.25, 0.3) is 11.0 Å². The van der Waals surface area contributed by atoms with Gasteiger partial charge in [-0.25, -0.2) is 4.98 Å². The minimum absolute atomic E-state index is 0. The first kappa shape index (κ1) is 22.6. The second-order valence-electron chi connectivity index (χ2n) is 6.55. The van der Waals surface area contributed by atoms with Gasteiger partial charge in [-0.2, -0.15) is 5.10 Å². The Labute approximate surface area is 189 Å². The lowest BCUT2D eigenvalue weighted by Gasteiger charge is -2.15. The lowest BCUT2D eigenvalue weighted by atomic mass is 10.1. The Morgan fingerprint density at radius 2 is 1.87 bits per heavy atom. The third-order valence-corrected chi connectivity index (χ3v) is 5.89. The second kappa shape index (κ2) is 9.36. The van der Waals surface area contributed by atoms with E-state index in [1.165, 1.54) is 0 Å². The van der Waals surface area contributed by atoms with E-state index in [4.69, 9.17) is 25.7 Å². The number of hydrogen-bond acceptors (Lipinski definition) is 7. The molecule has 0 saturated carbocycles. The van der Waals surface area contributed by atoms with Crippen LogP contribution in [0.3, 0.4) is 0 Å². The largest absolute Gasteiger partial charge is 0.493 e. The molecule has 1 unspecified atom stereocenters. The maximum Gasteiger partial charge on any atom is 0.211 e. The zero-order chi connectivity index (χ0) is 21.3. The molecule has 9 nitrogen and oxygen atoms in total. The SMILES string of the molecule is COc1cc2c(c(OC)c1OC)CC(Sc1nc3ccccc3[nH]1)/C2=N/N=C(N)N.Cl. The summed E-state index contributed by atoms with van der Waals surface area (Å²) in [5.74, 6) is 1.57. The first-order valence-corrected chi connectivity index (χ1v) is 10.0. The van der Waals surface area contributed by atoms with Gasteiger partial charge in [0.15, 0.2) is 16.7 Å². The third kappa shape index (κ3) is 4.21. The van der Waals surface area contributed by atoms with Crippen molar-refractivity contribution >= 4 is 46.9 Å². The van der Waals surface area contributed by atoms with Crippen molar-refractivity contribution in [2.24, 2.45) is 21.7 Å². The minimum atomic E-state index is -0.115. The molecule has 1 heterocycles. The number of rotatable bonds is 6. The number of nitrogens with two attached hydrogens (primary N) is 2. The fourth-order valence-electron chi connectivity index (χ4n) is 3.55. The third-order valence-electron chi connectivity index (χ3n) is 4.80. The maximum atomic E-state index is 5.66. The van der Waals surface area contributed by atoms with E-state index in [9.17, 15) is 0 Å². The van der Waals surface area contributed by atoms with Gasteiger partial charge in [0.05, 0.1) is 43.3 Å². The maximum absolute atomic E-state index is 5.66. The number of ether oxygens (including phenoxy) is 3. The molecule has 164 valence electrons. The van der Waals surface area contributed by atoms with Crippen molar-refractivity contribution in [3.05, 3.63) is 41.5 Å². The molecule has 0 radical (unpaired) electrons. The molecule has 0 amide bonds. The average molecular weight is 463 g/mol. The van der Waals surface area contributed by atoms with Crippen molar-refractivity contribution < 1.29 is 14.2 Å². The molecule has 0 aliphatic heterocycles. The van der Waals surface area contributed by atoms with Crippen LogP contribution in [0.1, 0.15) is 11.1 Å².